The van der Waals surface area contributed by atoms with Gasteiger partial charge in [-0.15, -0.1) is 0 Å². The van der Waals surface area contributed by atoms with Gasteiger partial charge in [-0.25, -0.2) is 13.8 Å². The van der Waals surface area contributed by atoms with Crippen molar-refractivity contribution < 1.29 is 13.5 Å². The Balaban J connectivity index is 2.24. The normalized spacial score (nSPS) is 10.3. The van der Waals surface area contributed by atoms with Crippen LogP contribution in [-0.4, -0.2) is 4.98 Å². The summed E-state index contributed by atoms with van der Waals surface area (Å²) in [5.74, 6) is -1.34. The van der Waals surface area contributed by atoms with E-state index in [0.717, 1.165) is 29.5 Å². The molecule has 0 unspecified atom stereocenters. The number of nitrogens with zero attached hydrogens (tertiary/aromatic N) is 1. The van der Waals surface area contributed by atoms with Crippen LogP contribution in [0.2, 0.25) is 0 Å². The van der Waals surface area contributed by atoms with Crippen LogP contribution in [0.5, 0.6) is 10.9 Å². The maximum Gasteiger partial charge on any atom is 0.280 e. The van der Waals surface area contributed by atoms with Gasteiger partial charge < -0.3 is 10.5 Å². The highest BCUT2D eigenvalue weighted by molar-refractivity contribution is 7.17. The summed E-state index contributed by atoms with van der Waals surface area (Å²) in [6.07, 6.45) is 1.41. The highest BCUT2D eigenvalue weighted by Gasteiger charge is 2.05. The molecule has 78 valence electrons. The summed E-state index contributed by atoms with van der Waals surface area (Å²) in [6.45, 7) is 0. The number of ether oxygens (including phenoxy) is 1. The van der Waals surface area contributed by atoms with Crippen molar-refractivity contribution in [3.8, 4) is 10.9 Å². The number of thiazole rings is 1. The summed E-state index contributed by atoms with van der Waals surface area (Å²) in [6, 6.07) is 2.91. The minimum absolute atomic E-state index is 0.0573. The van der Waals surface area contributed by atoms with Crippen LogP contribution in [0.25, 0.3) is 0 Å². The number of hydrogen-bond acceptors (Lipinski definition) is 4. The van der Waals surface area contributed by atoms with E-state index in [1.54, 1.807) is 0 Å². The van der Waals surface area contributed by atoms with Gasteiger partial charge in [0.15, 0.2) is 0 Å². The van der Waals surface area contributed by atoms with E-state index < -0.39 is 11.6 Å². The third-order valence-corrected chi connectivity index (χ3v) is 2.25. The highest BCUT2D eigenvalue weighted by Crippen LogP contribution is 2.28. The third kappa shape index (κ3) is 2.41. The molecule has 0 atom stereocenters. The van der Waals surface area contributed by atoms with Gasteiger partial charge in [0.05, 0.1) is 6.20 Å². The monoisotopic (exact) mass is 228 g/mol. The Bertz CT molecular complexity index is 466. The van der Waals surface area contributed by atoms with Crippen LogP contribution in [0.3, 0.4) is 0 Å². The smallest absolute Gasteiger partial charge is 0.280 e. The number of anilines is 1. The molecule has 0 aliphatic heterocycles. The van der Waals surface area contributed by atoms with Gasteiger partial charge in [-0.05, 0) is 0 Å². The van der Waals surface area contributed by atoms with Crippen LogP contribution in [0.15, 0.2) is 24.4 Å². The van der Waals surface area contributed by atoms with Gasteiger partial charge in [0.2, 0.25) is 0 Å². The van der Waals surface area contributed by atoms with Gasteiger partial charge in [0.25, 0.3) is 5.19 Å². The molecule has 0 aliphatic rings. The number of benzene rings is 1. The van der Waals surface area contributed by atoms with Crippen LogP contribution in [-0.2, 0) is 0 Å². The minimum atomic E-state index is -0.700. The van der Waals surface area contributed by atoms with E-state index in [-0.39, 0.29) is 10.9 Å². The van der Waals surface area contributed by atoms with Gasteiger partial charge in [-0.3, -0.25) is 0 Å². The summed E-state index contributed by atoms with van der Waals surface area (Å²) in [4.78, 5) is 3.80. The van der Waals surface area contributed by atoms with Crippen LogP contribution >= 0.6 is 11.3 Å². The molecule has 0 spiro atoms. The molecule has 0 amide bonds. The molecule has 2 aromatic rings. The van der Waals surface area contributed by atoms with Gasteiger partial charge >= 0.3 is 0 Å². The zero-order valence-electron chi connectivity index (χ0n) is 7.41. The van der Waals surface area contributed by atoms with Crippen molar-refractivity contribution in [3.63, 3.8) is 0 Å². The molecule has 0 bridgehead atoms. The molecule has 0 fully saturated rings. The Hall–Kier alpha value is -1.69. The molecule has 0 aliphatic carbocycles. The topological polar surface area (TPSA) is 48.1 Å². The largest absolute Gasteiger partial charge is 0.431 e. The van der Waals surface area contributed by atoms with E-state index in [4.69, 9.17) is 10.5 Å². The summed E-state index contributed by atoms with van der Waals surface area (Å²) in [5, 5.41) is 0.722. The number of rotatable bonds is 2. The number of halogens is 2. The SMILES string of the molecule is Nc1cnc(Oc2cc(F)cc(F)c2)s1. The zero-order chi connectivity index (χ0) is 10.8. The molecule has 0 radical (unpaired) electrons. The summed E-state index contributed by atoms with van der Waals surface area (Å²) < 4.78 is 30.7. The fourth-order valence-corrected chi connectivity index (χ4v) is 1.56. The number of nitrogen functional groups attached to an aromatic ring is 1. The molecule has 0 saturated heterocycles. The van der Waals surface area contributed by atoms with E-state index >= 15 is 0 Å². The van der Waals surface area contributed by atoms with E-state index in [1.807, 2.05) is 0 Å². The molecule has 2 rings (SSSR count). The van der Waals surface area contributed by atoms with Crippen molar-refractivity contribution in [2.45, 2.75) is 0 Å². The van der Waals surface area contributed by atoms with Gasteiger partial charge in [-0.2, -0.15) is 0 Å². The first kappa shape index (κ1) is 9.85. The van der Waals surface area contributed by atoms with E-state index in [2.05, 4.69) is 4.98 Å². The van der Waals surface area contributed by atoms with Gasteiger partial charge in [0.1, 0.15) is 22.4 Å². The number of hydrogen-bond donors (Lipinski definition) is 1. The predicted octanol–water partition coefficient (Wildman–Crippen LogP) is 2.80. The Morgan fingerprint density at radius 1 is 1.20 bits per heavy atom. The van der Waals surface area contributed by atoms with E-state index in [1.165, 1.54) is 6.20 Å². The third-order valence-electron chi connectivity index (χ3n) is 1.54. The molecular formula is C9H6F2N2OS. The molecule has 3 nitrogen and oxygen atoms in total. The lowest BCUT2D eigenvalue weighted by Gasteiger charge is -2.01. The lowest BCUT2D eigenvalue weighted by atomic mass is 10.3. The molecule has 15 heavy (non-hydrogen) atoms. The van der Waals surface area contributed by atoms with Crippen LogP contribution in [0, 0.1) is 11.6 Å². The van der Waals surface area contributed by atoms with Crippen molar-refractivity contribution in [2.75, 3.05) is 5.73 Å². The van der Waals surface area contributed by atoms with Gasteiger partial charge in [-0.1, -0.05) is 11.3 Å². The van der Waals surface area contributed by atoms with Crippen molar-refractivity contribution in [2.24, 2.45) is 0 Å². The Morgan fingerprint density at radius 2 is 1.87 bits per heavy atom. The quantitative estimate of drug-likeness (QED) is 0.859. The molecular weight excluding hydrogens is 222 g/mol. The van der Waals surface area contributed by atoms with Crippen molar-refractivity contribution >= 4 is 16.3 Å². The second kappa shape index (κ2) is 3.82. The van der Waals surface area contributed by atoms with Crippen molar-refractivity contribution in [1.82, 2.24) is 4.98 Å². The lowest BCUT2D eigenvalue weighted by molar-refractivity contribution is 0.465. The number of nitrogens with two attached hydrogens (primary N) is 1. The van der Waals surface area contributed by atoms with Gasteiger partial charge in [0, 0.05) is 18.2 Å². The predicted molar refractivity (Wildman–Crippen MR) is 53.0 cm³/mol. The maximum atomic E-state index is 12.8. The van der Waals surface area contributed by atoms with Crippen molar-refractivity contribution in [1.29, 1.82) is 0 Å². The second-order valence-electron chi connectivity index (χ2n) is 2.74. The fourth-order valence-electron chi connectivity index (χ4n) is 1.01. The molecule has 0 saturated carbocycles. The average molecular weight is 228 g/mol. The first-order chi connectivity index (χ1) is 7.13. The first-order valence-electron chi connectivity index (χ1n) is 3.99. The number of aromatic nitrogens is 1. The minimum Gasteiger partial charge on any atom is -0.431 e. The summed E-state index contributed by atoms with van der Waals surface area (Å²) in [7, 11) is 0. The molecule has 1 heterocycles. The molecule has 1 aromatic heterocycles. The molecule has 2 N–H and O–H groups in total. The first-order valence-corrected chi connectivity index (χ1v) is 4.80. The summed E-state index contributed by atoms with van der Waals surface area (Å²) in [5.41, 5.74) is 5.42. The van der Waals surface area contributed by atoms with Crippen LogP contribution in [0.1, 0.15) is 0 Å². The fraction of sp³-hybridized carbons (Fsp3) is 0. The molecule has 1 aromatic carbocycles. The average Bonchev–Trinajstić information content (AvgIpc) is 2.49. The van der Waals surface area contributed by atoms with E-state index in [0.29, 0.717) is 5.00 Å². The zero-order valence-corrected chi connectivity index (χ0v) is 8.22. The summed E-state index contributed by atoms with van der Waals surface area (Å²) >= 11 is 1.09. The highest BCUT2D eigenvalue weighted by atomic mass is 32.1. The standard InChI is InChI=1S/C9H6F2N2OS/c10-5-1-6(11)3-7(2-5)14-9-13-4-8(12)15-9/h1-4H,12H2. The Morgan fingerprint density at radius 3 is 2.40 bits per heavy atom. The lowest BCUT2D eigenvalue weighted by Crippen LogP contribution is -1.86. The second-order valence-corrected chi connectivity index (χ2v) is 3.76. The van der Waals surface area contributed by atoms with Crippen molar-refractivity contribution in [3.05, 3.63) is 36.0 Å². The van der Waals surface area contributed by atoms with Crippen LogP contribution < -0.4 is 10.5 Å². The van der Waals surface area contributed by atoms with E-state index in [9.17, 15) is 8.78 Å². The Labute approximate surface area is 88.1 Å². The Kier molecular flexibility index (Phi) is 2.51. The maximum absolute atomic E-state index is 12.8. The van der Waals surface area contributed by atoms with Crippen LogP contribution in [0.4, 0.5) is 13.8 Å². The molecule has 6 heteroatoms.